The zero-order valence-corrected chi connectivity index (χ0v) is 11.8. The van der Waals surface area contributed by atoms with Crippen molar-refractivity contribution in [2.75, 3.05) is 25.2 Å². The van der Waals surface area contributed by atoms with Gasteiger partial charge < -0.3 is 30.8 Å². The monoisotopic (exact) mass is 315 g/mol. The van der Waals surface area contributed by atoms with Crippen LogP contribution in [0.4, 0.5) is 0 Å². The number of hydrogen-bond donors (Lipinski definition) is 6. The molecule has 6 N–H and O–H groups in total. The van der Waals surface area contributed by atoms with Crippen molar-refractivity contribution in [3.63, 3.8) is 0 Å². The predicted molar refractivity (Wildman–Crippen MR) is 68.5 cm³/mol. The smallest absolute Gasteiger partial charge is 0.251 e. The van der Waals surface area contributed by atoms with Gasteiger partial charge in [0.1, 0.15) is 28.1 Å². The largest absolute Gasteiger partial charge is 0.394 e. The van der Waals surface area contributed by atoms with Crippen LogP contribution in [-0.2, 0) is 14.6 Å². The average Bonchev–Trinajstić information content (AvgIpc) is 2.38. The fraction of sp³-hybridized carbons (Fsp3) is 0.900. The molecule has 0 bridgehead atoms. The van der Waals surface area contributed by atoms with E-state index >= 15 is 0 Å². The van der Waals surface area contributed by atoms with Crippen LogP contribution in [0.25, 0.3) is 0 Å². The van der Waals surface area contributed by atoms with Gasteiger partial charge in [-0.15, -0.1) is 0 Å². The van der Waals surface area contributed by atoms with Crippen molar-refractivity contribution in [1.29, 1.82) is 0 Å². The number of rotatable bonds is 9. The summed E-state index contributed by atoms with van der Waals surface area (Å²) in [6.07, 6.45) is -6.40. The molecule has 9 nitrogen and oxygen atoms in total. The Morgan fingerprint density at radius 3 is 2.15 bits per heavy atom. The summed E-state index contributed by atoms with van der Waals surface area (Å²) in [7, 11) is -3.15. The number of aliphatic hydroxyl groups excluding tert-OH is 5. The Morgan fingerprint density at radius 1 is 1.15 bits per heavy atom. The molecule has 0 aromatic carbocycles. The second-order valence-electron chi connectivity index (χ2n) is 4.45. The predicted octanol–water partition coefficient (Wildman–Crippen LogP) is -4.03. The van der Waals surface area contributed by atoms with Crippen LogP contribution in [0, 0.1) is 0 Å². The lowest BCUT2D eigenvalue weighted by Crippen LogP contribution is -2.51. The van der Waals surface area contributed by atoms with Gasteiger partial charge in [-0.3, -0.25) is 4.79 Å². The van der Waals surface area contributed by atoms with E-state index in [2.05, 4.69) is 5.32 Å². The molecular formula is C10H21NO8S. The van der Waals surface area contributed by atoms with Gasteiger partial charge in [-0.1, -0.05) is 0 Å². The van der Waals surface area contributed by atoms with Crippen LogP contribution in [0.15, 0.2) is 0 Å². The Labute approximate surface area is 116 Å². The van der Waals surface area contributed by atoms with Gasteiger partial charge in [0.05, 0.1) is 12.4 Å². The molecule has 0 aromatic heterocycles. The van der Waals surface area contributed by atoms with E-state index in [1.807, 2.05) is 0 Å². The molecule has 0 rings (SSSR count). The molecule has 1 amide bonds. The second-order valence-corrected chi connectivity index (χ2v) is 6.71. The maximum Gasteiger partial charge on any atom is 0.251 e. The highest BCUT2D eigenvalue weighted by Gasteiger charge is 2.33. The van der Waals surface area contributed by atoms with Crippen LogP contribution < -0.4 is 5.32 Å². The third-order valence-electron chi connectivity index (χ3n) is 2.51. The van der Waals surface area contributed by atoms with Crippen LogP contribution in [0.3, 0.4) is 0 Å². The van der Waals surface area contributed by atoms with Crippen molar-refractivity contribution in [1.82, 2.24) is 5.32 Å². The van der Waals surface area contributed by atoms with E-state index in [0.29, 0.717) is 0 Å². The minimum atomic E-state index is -3.15. The topological polar surface area (TPSA) is 164 Å². The molecule has 4 atom stereocenters. The van der Waals surface area contributed by atoms with E-state index < -0.39 is 46.8 Å². The first kappa shape index (κ1) is 19.2. The Morgan fingerprint density at radius 2 is 1.70 bits per heavy atom. The Hall–Kier alpha value is -0.780. The number of sulfone groups is 1. The molecule has 0 saturated carbocycles. The molecule has 0 saturated heterocycles. The highest BCUT2D eigenvalue weighted by molar-refractivity contribution is 7.90. The van der Waals surface area contributed by atoms with Crippen LogP contribution in [0.5, 0.6) is 0 Å². The van der Waals surface area contributed by atoms with E-state index in [1.54, 1.807) is 0 Å². The van der Waals surface area contributed by atoms with Gasteiger partial charge in [-0.25, -0.2) is 8.42 Å². The van der Waals surface area contributed by atoms with Crippen LogP contribution >= 0.6 is 0 Å². The lowest BCUT2D eigenvalue weighted by atomic mass is 10.0. The van der Waals surface area contributed by atoms with E-state index in [9.17, 15) is 28.5 Å². The third-order valence-corrected chi connectivity index (χ3v) is 3.54. The summed E-state index contributed by atoms with van der Waals surface area (Å²) >= 11 is 0. The lowest BCUT2D eigenvalue weighted by molar-refractivity contribution is -0.148. The fourth-order valence-electron chi connectivity index (χ4n) is 1.33. The summed E-state index contributed by atoms with van der Waals surface area (Å²) in [6.45, 7) is -0.880. The van der Waals surface area contributed by atoms with Crippen LogP contribution in [0.2, 0.25) is 0 Å². The maximum atomic E-state index is 11.4. The van der Waals surface area contributed by atoms with Crippen molar-refractivity contribution in [3.05, 3.63) is 0 Å². The molecule has 0 aliphatic carbocycles. The molecule has 10 heteroatoms. The van der Waals surface area contributed by atoms with Gasteiger partial charge in [0.15, 0.2) is 6.10 Å². The quantitative estimate of drug-likeness (QED) is 0.234. The van der Waals surface area contributed by atoms with Crippen LogP contribution in [0.1, 0.15) is 6.42 Å². The molecule has 20 heavy (non-hydrogen) atoms. The first-order valence-electron chi connectivity index (χ1n) is 5.88. The number of hydrogen-bond acceptors (Lipinski definition) is 8. The molecule has 0 aromatic rings. The van der Waals surface area contributed by atoms with Gasteiger partial charge in [0.25, 0.3) is 5.91 Å². The summed E-state index contributed by atoms with van der Waals surface area (Å²) < 4.78 is 21.7. The van der Waals surface area contributed by atoms with Crippen LogP contribution in [-0.4, -0.2) is 89.4 Å². The molecular weight excluding hydrogens is 294 g/mol. The Balaban J connectivity index is 4.21. The van der Waals surface area contributed by atoms with Gasteiger partial charge in [0.2, 0.25) is 0 Å². The molecule has 120 valence electrons. The molecule has 0 fully saturated rings. The Kier molecular flexibility index (Phi) is 8.16. The number of carbonyl (C=O) groups is 1. The van der Waals surface area contributed by atoms with Gasteiger partial charge in [-0.2, -0.15) is 0 Å². The summed E-state index contributed by atoms with van der Waals surface area (Å²) in [4.78, 5) is 11.4. The SMILES string of the molecule is CS(=O)(=O)CCCNC(=O)C(O)C(O)C(O)C(O)CO. The summed E-state index contributed by atoms with van der Waals surface area (Å²) in [5.74, 6) is -1.16. The van der Waals surface area contributed by atoms with Crippen molar-refractivity contribution in [3.8, 4) is 0 Å². The fourth-order valence-corrected chi connectivity index (χ4v) is 2.00. The molecule has 0 spiro atoms. The zero-order valence-electron chi connectivity index (χ0n) is 11.0. The first-order valence-corrected chi connectivity index (χ1v) is 7.94. The summed E-state index contributed by atoms with van der Waals surface area (Å²) in [6, 6.07) is 0. The molecule has 0 aliphatic heterocycles. The molecule has 0 aliphatic rings. The number of aliphatic hydroxyl groups is 5. The highest BCUT2D eigenvalue weighted by atomic mass is 32.2. The lowest BCUT2D eigenvalue weighted by Gasteiger charge is -2.24. The maximum absolute atomic E-state index is 11.4. The van der Waals surface area contributed by atoms with E-state index in [4.69, 9.17) is 10.2 Å². The van der Waals surface area contributed by atoms with Gasteiger partial charge in [-0.05, 0) is 6.42 Å². The van der Waals surface area contributed by atoms with E-state index in [0.717, 1.165) is 6.26 Å². The molecule has 0 radical (unpaired) electrons. The second kappa shape index (κ2) is 8.49. The van der Waals surface area contributed by atoms with Crippen molar-refractivity contribution < 1.29 is 38.7 Å². The van der Waals surface area contributed by atoms with Crippen molar-refractivity contribution >= 4 is 15.7 Å². The standard InChI is InChI=1S/C10H21NO8S/c1-20(18,19)4-2-3-11-10(17)9(16)8(15)7(14)6(13)5-12/h6-9,12-16H,2-5H2,1H3,(H,11,17). The van der Waals surface area contributed by atoms with Gasteiger partial charge >= 0.3 is 0 Å². The number of amides is 1. The minimum absolute atomic E-state index is 0.0334. The average molecular weight is 315 g/mol. The van der Waals surface area contributed by atoms with Crippen molar-refractivity contribution in [2.24, 2.45) is 0 Å². The van der Waals surface area contributed by atoms with E-state index in [-0.39, 0.29) is 18.7 Å². The third kappa shape index (κ3) is 7.12. The molecule has 0 heterocycles. The van der Waals surface area contributed by atoms with Gasteiger partial charge in [0, 0.05) is 12.8 Å². The number of nitrogens with one attached hydrogen (secondary N) is 1. The molecule has 4 unspecified atom stereocenters. The van der Waals surface area contributed by atoms with E-state index in [1.165, 1.54) is 0 Å². The minimum Gasteiger partial charge on any atom is -0.394 e. The zero-order chi connectivity index (χ0) is 15.9. The highest BCUT2D eigenvalue weighted by Crippen LogP contribution is 2.05. The normalized spacial score (nSPS) is 18.1. The summed E-state index contributed by atoms with van der Waals surface area (Å²) in [5, 5.41) is 48.0. The summed E-state index contributed by atoms with van der Waals surface area (Å²) in [5.41, 5.74) is 0. The first-order chi connectivity index (χ1) is 9.10. The Bertz CT molecular complexity index is 398. The van der Waals surface area contributed by atoms with Crippen molar-refractivity contribution in [2.45, 2.75) is 30.8 Å². The number of carbonyl (C=O) groups excluding carboxylic acids is 1.